The van der Waals surface area contributed by atoms with Crippen molar-refractivity contribution in [1.82, 2.24) is 10.5 Å². The van der Waals surface area contributed by atoms with Crippen molar-refractivity contribution in [3.63, 3.8) is 0 Å². The van der Waals surface area contributed by atoms with Crippen molar-refractivity contribution >= 4 is 5.91 Å². The van der Waals surface area contributed by atoms with Gasteiger partial charge in [-0.1, -0.05) is 36.6 Å². The molecule has 1 aliphatic carbocycles. The number of carbonyl (C=O) groups is 1. The largest absolute Gasteiger partial charge is 0.356 e. The topological polar surface area (TPSA) is 55.1 Å². The van der Waals surface area contributed by atoms with Crippen LogP contribution in [-0.2, 0) is 11.3 Å². The van der Waals surface area contributed by atoms with Gasteiger partial charge in [-0.25, -0.2) is 4.39 Å². The summed E-state index contributed by atoms with van der Waals surface area (Å²) in [5.74, 6) is 0.582. The van der Waals surface area contributed by atoms with E-state index in [2.05, 4.69) is 10.5 Å². The Morgan fingerprint density at radius 3 is 2.83 bits per heavy atom. The van der Waals surface area contributed by atoms with Crippen LogP contribution in [-0.4, -0.2) is 11.1 Å². The first kappa shape index (κ1) is 15.7. The Balaban J connectivity index is 1.53. The molecule has 23 heavy (non-hydrogen) atoms. The fourth-order valence-electron chi connectivity index (χ4n) is 3.10. The minimum atomic E-state index is -0.350. The molecular formula is C18H21FN2O2. The number of nitrogens with zero attached hydrogens (tertiary/aromatic N) is 1. The van der Waals surface area contributed by atoms with Crippen LogP contribution in [0.1, 0.15) is 44.2 Å². The summed E-state index contributed by atoms with van der Waals surface area (Å²) in [6.07, 6.45) is 6.62. The zero-order chi connectivity index (χ0) is 16.1. The number of aromatic nitrogens is 1. The van der Waals surface area contributed by atoms with E-state index in [9.17, 15) is 9.18 Å². The van der Waals surface area contributed by atoms with Crippen molar-refractivity contribution in [2.75, 3.05) is 0 Å². The highest BCUT2D eigenvalue weighted by Crippen LogP contribution is 2.26. The zero-order valence-electron chi connectivity index (χ0n) is 13.1. The first-order valence-corrected chi connectivity index (χ1v) is 8.19. The van der Waals surface area contributed by atoms with Gasteiger partial charge in [0.1, 0.15) is 11.5 Å². The summed E-state index contributed by atoms with van der Waals surface area (Å²) in [5, 5.41) is 6.77. The van der Waals surface area contributed by atoms with Gasteiger partial charge in [0.25, 0.3) is 0 Å². The van der Waals surface area contributed by atoms with Gasteiger partial charge in [-0.15, -0.1) is 0 Å². The lowest BCUT2D eigenvalue weighted by Gasteiger charge is -2.20. The van der Waals surface area contributed by atoms with Gasteiger partial charge in [0.05, 0.1) is 12.1 Å². The summed E-state index contributed by atoms with van der Waals surface area (Å²) in [6.45, 7) is 0.309. The summed E-state index contributed by atoms with van der Waals surface area (Å²) in [4.78, 5) is 12.0. The van der Waals surface area contributed by atoms with Crippen molar-refractivity contribution in [1.29, 1.82) is 0 Å². The molecule has 1 amide bonds. The molecule has 0 aliphatic heterocycles. The van der Waals surface area contributed by atoms with Crippen molar-refractivity contribution in [3.05, 3.63) is 41.8 Å². The molecule has 0 spiro atoms. The second kappa shape index (κ2) is 7.40. The molecule has 1 N–H and O–H groups in total. The number of nitrogens with one attached hydrogen (secondary N) is 1. The van der Waals surface area contributed by atoms with Gasteiger partial charge >= 0.3 is 0 Å². The van der Waals surface area contributed by atoms with Gasteiger partial charge in [-0.05, 0) is 30.9 Å². The molecule has 1 heterocycles. The molecule has 0 bridgehead atoms. The first-order valence-electron chi connectivity index (χ1n) is 8.19. The number of hydrogen-bond acceptors (Lipinski definition) is 3. The molecule has 3 rings (SSSR count). The molecule has 0 unspecified atom stereocenters. The van der Waals surface area contributed by atoms with Crippen LogP contribution in [0.2, 0.25) is 0 Å². The average Bonchev–Trinajstić information content (AvgIpc) is 3.03. The maximum atomic E-state index is 13.7. The Labute approximate surface area is 135 Å². The highest BCUT2D eigenvalue weighted by molar-refractivity contribution is 5.76. The van der Waals surface area contributed by atoms with Gasteiger partial charge < -0.3 is 9.84 Å². The van der Waals surface area contributed by atoms with Crippen molar-refractivity contribution in [2.45, 2.75) is 45.1 Å². The maximum Gasteiger partial charge on any atom is 0.220 e. The summed E-state index contributed by atoms with van der Waals surface area (Å²) in [5.41, 5.74) is 0.972. The van der Waals surface area contributed by atoms with Crippen molar-refractivity contribution < 1.29 is 13.7 Å². The van der Waals surface area contributed by atoms with E-state index in [1.165, 1.54) is 25.3 Å². The highest BCUT2D eigenvalue weighted by Gasteiger charge is 2.17. The Hall–Kier alpha value is -2.17. The number of rotatable bonds is 5. The lowest BCUT2D eigenvalue weighted by atomic mass is 9.87. The molecule has 5 heteroatoms. The fourth-order valence-corrected chi connectivity index (χ4v) is 3.10. The zero-order valence-corrected chi connectivity index (χ0v) is 13.1. The monoisotopic (exact) mass is 316 g/mol. The van der Waals surface area contributed by atoms with E-state index < -0.39 is 0 Å². The van der Waals surface area contributed by atoms with Gasteiger partial charge in [-0.2, -0.15) is 0 Å². The van der Waals surface area contributed by atoms with Crippen LogP contribution in [0.3, 0.4) is 0 Å². The molecule has 1 fully saturated rings. The van der Waals surface area contributed by atoms with Crippen LogP contribution in [0.25, 0.3) is 11.3 Å². The molecule has 1 aromatic carbocycles. The van der Waals surface area contributed by atoms with E-state index in [1.807, 2.05) is 0 Å². The minimum Gasteiger partial charge on any atom is -0.356 e. The third-order valence-electron chi connectivity index (χ3n) is 4.36. The number of amides is 1. The lowest BCUT2D eigenvalue weighted by molar-refractivity contribution is -0.122. The van der Waals surface area contributed by atoms with E-state index in [0.717, 1.165) is 12.8 Å². The third-order valence-corrected chi connectivity index (χ3v) is 4.36. The van der Waals surface area contributed by atoms with Crippen LogP contribution < -0.4 is 5.32 Å². The van der Waals surface area contributed by atoms with Gasteiger partial charge in [0.15, 0.2) is 5.76 Å². The SMILES string of the molecule is O=C(CC1CCCCC1)NCc1cc(-c2ccccc2F)on1. The first-order chi connectivity index (χ1) is 11.2. The molecular weight excluding hydrogens is 295 g/mol. The summed E-state index contributed by atoms with van der Waals surface area (Å²) in [7, 11) is 0. The molecule has 4 nitrogen and oxygen atoms in total. The normalized spacial score (nSPS) is 15.5. The molecule has 1 aromatic heterocycles. The Morgan fingerprint density at radius 1 is 1.26 bits per heavy atom. The van der Waals surface area contributed by atoms with Crippen LogP contribution in [0.5, 0.6) is 0 Å². The van der Waals surface area contributed by atoms with Gasteiger partial charge in [0, 0.05) is 12.5 Å². The second-order valence-corrected chi connectivity index (χ2v) is 6.15. The lowest BCUT2D eigenvalue weighted by Crippen LogP contribution is -2.26. The maximum absolute atomic E-state index is 13.7. The van der Waals surface area contributed by atoms with Crippen molar-refractivity contribution in [3.8, 4) is 11.3 Å². The highest BCUT2D eigenvalue weighted by atomic mass is 19.1. The van der Waals surface area contributed by atoms with E-state index in [1.54, 1.807) is 24.3 Å². The second-order valence-electron chi connectivity index (χ2n) is 6.15. The number of hydrogen-bond donors (Lipinski definition) is 1. The van der Waals surface area contributed by atoms with Crippen LogP contribution >= 0.6 is 0 Å². The van der Waals surface area contributed by atoms with Crippen LogP contribution in [0.4, 0.5) is 4.39 Å². The van der Waals surface area contributed by atoms with E-state index in [-0.39, 0.29) is 11.7 Å². The average molecular weight is 316 g/mol. The van der Waals surface area contributed by atoms with Crippen LogP contribution in [0.15, 0.2) is 34.9 Å². The predicted molar refractivity (Wildman–Crippen MR) is 84.9 cm³/mol. The Bertz CT molecular complexity index is 663. The number of carbonyl (C=O) groups excluding carboxylic acids is 1. The van der Waals surface area contributed by atoms with E-state index in [4.69, 9.17) is 4.52 Å². The Kier molecular flexibility index (Phi) is 5.05. The molecule has 1 aliphatic rings. The van der Waals surface area contributed by atoms with Crippen molar-refractivity contribution in [2.24, 2.45) is 5.92 Å². The molecule has 0 saturated heterocycles. The number of halogens is 1. The predicted octanol–water partition coefficient (Wildman–Crippen LogP) is 4.07. The summed E-state index contributed by atoms with van der Waals surface area (Å²) in [6, 6.07) is 8.05. The van der Waals surface area contributed by atoms with Crippen LogP contribution in [0, 0.1) is 11.7 Å². The van der Waals surface area contributed by atoms with E-state index in [0.29, 0.717) is 35.9 Å². The molecule has 0 radical (unpaired) electrons. The summed E-state index contributed by atoms with van der Waals surface area (Å²) < 4.78 is 18.9. The van der Waals surface area contributed by atoms with Gasteiger partial charge in [-0.3, -0.25) is 4.79 Å². The fraction of sp³-hybridized carbons (Fsp3) is 0.444. The molecule has 1 saturated carbocycles. The third kappa shape index (κ3) is 4.18. The van der Waals surface area contributed by atoms with Gasteiger partial charge in [0.2, 0.25) is 5.91 Å². The summed E-state index contributed by atoms with van der Waals surface area (Å²) >= 11 is 0. The minimum absolute atomic E-state index is 0.0485. The Morgan fingerprint density at radius 2 is 2.04 bits per heavy atom. The number of benzene rings is 1. The molecule has 122 valence electrons. The smallest absolute Gasteiger partial charge is 0.220 e. The molecule has 0 atom stereocenters. The molecule has 2 aromatic rings. The standard InChI is InChI=1S/C18H21FN2O2/c19-16-9-5-4-8-15(16)17-11-14(21-23-17)12-20-18(22)10-13-6-2-1-3-7-13/h4-5,8-9,11,13H,1-3,6-7,10,12H2,(H,20,22). The van der Waals surface area contributed by atoms with E-state index >= 15 is 0 Å². The quantitative estimate of drug-likeness (QED) is 0.904.